The van der Waals surface area contributed by atoms with Crippen LogP contribution >= 0.6 is 22.9 Å². The Morgan fingerprint density at radius 1 is 1.14 bits per heavy atom. The number of halogens is 1. The number of anilines is 1. The SMILES string of the molecule is COc1c(Cl)ccc2sc(N3CCN(C(=O)c4ccc(C)cc4C)CC3)nc12. The van der Waals surface area contributed by atoms with Gasteiger partial charge in [-0.1, -0.05) is 40.6 Å². The van der Waals surface area contributed by atoms with Crippen LogP contribution in [0.4, 0.5) is 5.13 Å². The molecule has 1 fully saturated rings. The maximum absolute atomic E-state index is 12.9. The summed E-state index contributed by atoms with van der Waals surface area (Å²) in [5.41, 5.74) is 3.79. The zero-order chi connectivity index (χ0) is 19.8. The highest BCUT2D eigenvalue weighted by Gasteiger charge is 2.25. The highest BCUT2D eigenvalue weighted by atomic mass is 35.5. The van der Waals surface area contributed by atoms with E-state index in [1.165, 1.54) is 5.56 Å². The Bertz CT molecular complexity index is 1040. The summed E-state index contributed by atoms with van der Waals surface area (Å²) >= 11 is 7.84. The highest BCUT2D eigenvalue weighted by Crippen LogP contribution is 2.38. The lowest BCUT2D eigenvalue weighted by Gasteiger charge is -2.34. The van der Waals surface area contributed by atoms with E-state index >= 15 is 0 Å². The van der Waals surface area contributed by atoms with Crippen molar-refractivity contribution in [2.75, 3.05) is 38.2 Å². The molecule has 1 aliphatic heterocycles. The third-order valence-corrected chi connectivity index (χ3v) is 6.49. The van der Waals surface area contributed by atoms with Crippen LogP contribution in [0.3, 0.4) is 0 Å². The van der Waals surface area contributed by atoms with Crippen LogP contribution in [0.2, 0.25) is 5.02 Å². The first-order valence-corrected chi connectivity index (χ1v) is 10.4. The summed E-state index contributed by atoms with van der Waals surface area (Å²) in [7, 11) is 1.61. The monoisotopic (exact) mass is 415 g/mol. The summed E-state index contributed by atoms with van der Waals surface area (Å²) in [6.07, 6.45) is 0. The number of carbonyl (C=O) groups is 1. The van der Waals surface area contributed by atoms with Crippen LogP contribution in [0.5, 0.6) is 5.75 Å². The molecule has 0 N–H and O–H groups in total. The van der Waals surface area contributed by atoms with Gasteiger partial charge in [-0.2, -0.15) is 0 Å². The van der Waals surface area contributed by atoms with Crippen molar-refractivity contribution in [3.8, 4) is 5.75 Å². The number of aromatic nitrogens is 1. The van der Waals surface area contributed by atoms with E-state index in [1.807, 2.05) is 43.0 Å². The van der Waals surface area contributed by atoms with Gasteiger partial charge in [0.2, 0.25) is 0 Å². The molecule has 2 aromatic carbocycles. The Balaban J connectivity index is 1.50. The smallest absolute Gasteiger partial charge is 0.254 e. The van der Waals surface area contributed by atoms with Gasteiger partial charge in [-0.05, 0) is 37.6 Å². The number of thiazole rings is 1. The number of carbonyl (C=O) groups excluding carboxylic acids is 1. The quantitative estimate of drug-likeness (QED) is 0.630. The predicted molar refractivity (Wildman–Crippen MR) is 115 cm³/mol. The van der Waals surface area contributed by atoms with Crippen LogP contribution in [0.1, 0.15) is 21.5 Å². The van der Waals surface area contributed by atoms with E-state index in [4.69, 9.17) is 21.3 Å². The van der Waals surface area contributed by atoms with Gasteiger partial charge in [-0.15, -0.1) is 0 Å². The summed E-state index contributed by atoms with van der Waals surface area (Å²) in [5.74, 6) is 0.722. The number of hydrogen-bond acceptors (Lipinski definition) is 5. The number of benzene rings is 2. The number of ether oxygens (including phenoxy) is 1. The number of piperazine rings is 1. The topological polar surface area (TPSA) is 45.7 Å². The summed E-state index contributed by atoms with van der Waals surface area (Å²) in [6, 6.07) is 9.80. The minimum absolute atomic E-state index is 0.106. The third kappa shape index (κ3) is 3.42. The van der Waals surface area contributed by atoms with Crippen molar-refractivity contribution in [1.82, 2.24) is 9.88 Å². The summed E-state index contributed by atoms with van der Waals surface area (Å²) < 4.78 is 6.46. The van der Waals surface area contributed by atoms with E-state index in [2.05, 4.69) is 11.0 Å². The first kappa shape index (κ1) is 19.0. The van der Waals surface area contributed by atoms with Crippen LogP contribution in [-0.2, 0) is 0 Å². The lowest BCUT2D eigenvalue weighted by atomic mass is 10.0. The molecule has 1 saturated heterocycles. The van der Waals surface area contributed by atoms with Crippen LogP contribution in [0, 0.1) is 13.8 Å². The molecule has 3 aromatic rings. The van der Waals surface area contributed by atoms with Crippen LogP contribution in [-0.4, -0.2) is 49.1 Å². The second kappa shape index (κ2) is 7.60. The molecule has 0 saturated carbocycles. The summed E-state index contributed by atoms with van der Waals surface area (Å²) in [6.45, 7) is 6.91. The maximum Gasteiger partial charge on any atom is 0.254 e. The molecule has 2 heterocycles. The Labute approximate surface area is 173 Å². The average Bonchev–Trinajstić information content (AvgIpc) is 3.12. The van der Waals surface area contributed by atoms with Gasteiger partial charge < -0.3 is 14.5 Å². The largest absolute Gasteiger partial charge is 0.493 e. The molecular weight excluding hydrogens is 394 g/mol. The molecule has 7 heteroatoms. The Morgan fingerprint density at radius 3 is 2.57 bits per heavy atom. The molecule has 146 valence electrons. The van der Waals surface area contributed by atoms with E-state index < -0.39 is 0 Å². The molecule has 28 heavy (non-hydrogen) atoms. The van der Waals surface area contributed by atoms with E-state index in [1.54, 1.807) is 18.4 Å². The Kier molecular flexibility index (Phi) is 5.17. The van der Waals surface area contributed by atoms with Crippen LogP contribution < -0.4 is 9.64 Å². The predicted octanol–water partition coefficient (Wildman–Crippen LogP) is 4.54. The molecule has 4 rings (SSSR count). The highest BCUT2D eigenvalue weighted by molar-refractivity contribution is 7.22. The minimum atomic E-state index is 0.106. The van der Waals surface area contributed by atoms with Crippen molar-refractivity contribution in [1.29, 1.82) is 0 Å². The fourth-order valence-electron chi connectivity index (χ4n) is 3.59. The van der Waals surface area contributed by atoms with Crippen molar-refractivity contribution < 1.29 is 9.53 Å². The van der Waals surface area contributed by atoms with Crippen LogP contribution in [0.25, 0.3) is 10.2 Å². The fourth-order valence-corrected chi connectivity index (χ4v) is 4.83. The van der Waals surface area contributed by atoms with Gasteiger partial charge in [0.25, 0.3) is 5.91 Å². The van der Waals surface area contributed by atoms with Crippen molar-refractivity contribution in [2.24, 2.45) is 0 Å². The second-order valence-electron chi connectivity index (χ2n) is 7.02. The molecule has 5 nitrogen and oxygen atoms in total. The molecule has 0 bridgehead atoms. The minimum Gasteiger partial charge on any atom is -0.493 e. The van der Waals surface area contributed by atoms with Crippen molar-refractivity contribution in [2.45, 2.75) is 13.8 Å². The molecule has 1 aromatic heterocycles. The number of aryl methyl sites for hydroxylation is 2. The van der Waals surface area contributed by atoms with Crippen LogP contribution in [0.15, 0.2) is 30.3 Å². The zero-order valence-corrected chi connectivity index (χ0v) is 17.7. The molecule has 0 atom stereocenters. The van der Waals surface area contributed by atoms with Gasteiger partial charge in [0.1, 0.15) is 5.52 Å². The molecule has 0 spiro atoms. The maximum atomic E-state index is 12.9. The average molecular weight is 416 g/mol. The van der Waals surface area contributed by atoms with Gasteiger partial charge in [-0.3, -0.25) is 4.79 Å². The normalized spacial score (nSPS) is 14.6. The second-order valence-corrected chi connectivity index (χ2v) is 8.44. The third-order valence-electron chi connectivity index (χ3n) is 5.11. The first-order valence-electron chi connectivity index (χ1n) is 9.22. The Hall–Kier alpha value is -2.31. The number of rotatable bonds is 3. The fraction of sp³-hybridized carbons (Fsp3) is 0.333. The van der Waals surface area contributed by atoms with Crippen molar-refractivity contribution >= 4 is 44.2 Å². The molecular formula is C21H22ClN3O2S. The van der Waals surface area contributed by atoms with Gasteiger partial charge in [0, 0.05) is 31.7 Å². The summed E-state index contributed by atoms with van der Waals surface area (Å²) in [4.78, 5) is 21.8. The molecule has 1 aliphatic rings. The van der Waals surface area contributed by atoms with Crippen molar-refractivity contribution in [3.63, 3.8) is 0 Å². The zero-order valence-electron chi connectivity index (χ0n) is 16.2. The Morgan fingerprint density at radius 2 is 1.89 bits per heavy atom. The summed E-state index contributed by atoms with van der Waals surface area (Å²) in [5, 5.41) is 1.50. The molecule has 0 aliphatic carbocycles. The van der Waals surface area contributed by atoms with E-state index in [0.717, 1.165) is 39.6 Å². The van der Waals surface area contributed by atoms with E-state index in [9.17, 15) is 4.79 Å². The van der Waals surface area contributed by atoms with Gasteiger partial charge in [0.05, 0.1) is 16.8 Å². The van der Waals surface area contributed by atoms with Gasteiger partial charge in [0.15, 0.2) is 10.9 Å². The lowest BCUT2D eigenvalue weighted by Crippen LogP contribution is -2.48. The number of nitrogens with zero attached hydrogens (tertiary/aromatic N) is 3. The van der Waals surface area contributed by atoms with E-state index in [-0.39, 0.29) is 5.91 Å². The first-order chi connectivity index (χ1) is 13.5. The van der Waals surface area contributed by atoms with Gasteiger partial charge >= 0.3 is 0 Å². The molecule has 1 amide bonds. The number of methoxy groups -OCH3 is 1. The number of amides is 1. The molecule has 0 unspecified atom stereocenters. The number of hydrogen-bond donors (Lipinski definition) is 0. The standard InChI is InChI=1S/C21H22ClN3O2S/c1-13-4-5-15(14(2)12-13)20(26)24-8-10-25(11-9-24)21-23-18-17(28-21)7-6-16(22)19(18)27-3/h4-7,12H,8-11H2,1-3H3. The number of fused-ring (bicyclic) bond motifs is 1. The van der Waals surface area contributed by atoms with Crippen molar-refractivity contribution in [3.05, 3.63) is 52.0 Å². The lowest BCUT2D eigenvalue weighted by molar-refractivity contribution is 0.0746. The van der Waals surface area contributed by atoms with E-state index in [0.29, 0.717) is 23.9 Å². The molecule has 0 radical (unpaired) electrons. The van der Waals surface area contributed by atoms with Gasteiger partial charge in [-0.25, -0.2) is 4.98 Å².